The van der Waals surface area contributed by atoms with Crippen molar-refractivity contribution in [3.63, 3.8) is 0 Å². The molecule has 1 fully saturated rings. The molecule has 2 atom stereocenters. The van der Waals surface area contributed by atoms with Gasteiger partial charge in [0.05, 0.1) is 19.2 Å². The number of hydrogen-bond donors (Lipinski definition) is 3. The van der Waals surface area contributed by atoms with E-state index in [1.54, 1.807) is 72.8 Å². The number of amides is 7. The first kappa shape index (κ1) is 71.9. The Balaban J connectivity index is 0.988. The normalized spacial score (nSPS) is 15.4. The minimum absolute atomic E-state index is 0.00113. The summed E-state index contributed by atoms with van der Waals surface area (Å²) in [6.45, 7) is 9.44. The lowest BCUT2D eigenvalue weighted by Gasteiger charge is -2.33. The summed E-state index contributed by atoms with van der Waals surface area (Å²) >= 11 is 19.0. The van der Waals surface area contributed by atoms with Crippen LogP contribution in [0.2, 0.25) is 15.1 Å². The molecule has 2 aliphatic heterocycles. The van der Waals surface area contributed by atoms with E-state index in [1.807, 2.05) is 84.9 Å². The Morgan fingerprint density at radius 3 is 1.57 bits per heavy atom. The first-order chi connectivity index (χ1) is 48.0. The number of carbonyl (C=O) groups excluding carboxylic acids is 7. The lowest BCUT2D eigenvalue weighted by Crippen LogP contribution is -2.58. The van der Waals surface area contributed by atoms with Gasteiger partial charge in [0.2, 0.25) is 40.8 Å². The molecule has 7 aromatic rings. The molecule has 0 spiro atoms. The van der Waals surface area contributed by atoms with Gasteiger partial charge in [-0.2, -0.15) is 0 Å². The molecule has 7 amide bonds. The zero-order valence-corrected chi connectivity index (χ0v) is 58.5. The maximum absolute atomic E-state index is 15.8. The Kier molecular flexibility index (Phi) is 25.1. The average Bonchev–Trinajstić information content (AvgIpc) is 0.746. The first-order valence-corrected chi connectivity index (χ1v) is 34.8. The molecule has 1 aliphatic carbocycles. The number of nitrogens with zero attached hydrogens (tertiary/aromatic N) is 6. The van der Waals surface area contributed by atoms with Crippen LogP contribution >= 0.6 is 34.8 Å². The van der Waals surface area contributed by atoms with Crippen molar-refractivity contribution >= 4 is 92.8 Å². The number of hydrogen-bond acceptors (Lipinski definition) is 9. The van der Waals surface area contributed by atoms with Gasteiger partial charge in [-0.25, -0.2) is 4.58 Å². The summed E-state index contributed by atoms with van der Waals surface area (Å²) in [5.41, 5.74) is 7.84. The van der Waals surface area contributed by atoms with E-state index in [1.165, 1.54) is 19.6 Å². The van der Waals surface area contributed by atoms with E-state index in [4.69, 9.17) is 39.2 Å². The van der Waals surface area contributed by atoms with Crippen LogP contribution in [0, 0.1) is 0 Å². The van der Waals surface area contributed by atoms with Crippen LogP contribution in [-0.4, -0.2) is 138 Å². The van der Waals surface area contributed by atoms with Crippen LogP contribution in [0.5, 0.6) is 0 Å². The summed E-state index contributed by atoms with van der Waals surface area (Å²) < 4.78 is 9.04. The number of nitrogens with one attached hydrogen (secondary N) is 3. The molecule has 0 unspecified atom stereocenters. The third-order valence-electron chi connectivity index (χ3n) is 17.9. The van der Waals surface area contributed by atoms with Crippen molar-refractivity contribution in [3.05, 3.63) is 248 Å². The van der Waals surface area contributed by atoms with Crippen LogP contribution in [0.3, 0.4) is 0 Å². The smallest absolute Gasteiger partial charge is 0.251 e. The standard InChI is InChI=1S/C79H82Cl3N9O8/c1-5-86(6-2)62-37-39-66-70(45-62)99-71-46-63(87(7-3)8-4)38-40-67(71)76(66)64-23-15-16-24-65(64)77(96)83-41-17-18-42-88-51-73(93)90(48-57-27-33-60(81)34-28-57)53-75(95)91(49-58-29-35-61(82)36-30-58)52-74(94)89(47-56-25-31-59(80)32-26-56)50-72(92)84-68(43-54-19-11-9-12-20-54)78(97)85-69(79(88)98)44-55-21-13-10-14-22-55/h9-16,19-40,45-46,68-69H,5-8,17-18,41-44,47-53H2,1-4H3,(H2-,83,84,85,92,96,97)/p+1/t68-,69-/m0/s1. The van der Waals surface area contributed by atoms with E-state index in [9.17, 15) is 14.4 Å². The van der Waals surface area contributed by atoms with E-state index in [2.05, 4.69) is 89.5 Å². The fraction of sp³-hybridized carbons (Fsp3) is 0.291. The third-order valence-corrected chi connectivity index (χ3v) is 18.7. The molecule has 0 radical (unpaired) electrons. The number of unbranched alkanes of at least 4 members (excludes halogenated alkanes) is 1. The quantitative estimate of drug-likeness (QED) is 0.0337. The molecule has 20 heteroatoms. The van der Waals surface area contributed by atoms with Crippen molar-refractivity contribution in [2.45, 2.75) is 85.1 Å². The van der Waals surface area contributed by atoms with Gasteiger partial charge in [0, 0.05) is 114 Å². The van der Waals surface area contributed by atoms with E-state index < -0.39 is 73.7 Å². The highest BCUT2D eigenvalue weighted by atomic mass is 35.5. The van der Waals surface area contributed by atoms with Gasteiger partial charge in [-0.3, -0.25) is 33.6 Å². The van der Waals surface area contributed by atoms with E-state index in [-0.39, 0.29) is 57.9 Å². The molecule has 2 heterocycles. The SMILES string of the molecule is CCN(CC)c1ccc2c(-c3ccccc3C(=O)NCCCCN3CC(=O)N(Cc4ccc(Cl)cc4)CC(=O)N(Cc4ccc(Cl)cc4)CC(=O)N(Cc4ccc(Cl)cc4)CC(=O)N[C@@H](Cc4ccccc4)C(=O)N[C@@H](Cc4ccccc4)C3=O)c3ccc(=[N+](CC)CC)cc-3oc2c1. The van der Waals surface area contributed by atoms with Gasteiger partial charge in [-0.1, -0.05) is 150 Å². The average molecular weight is 1390 g/mol. The molecule has 0 saturated carbocycles. The molecule has 3 N–H and O–H groups in total. The lowest BCUT2D eigenvalue weighted by molar-refractivity contribution is -0.148. The summed E-state index contributed by atoms with van der Waals surface area (Å²) in [5.74, 6) is -3.43. The van der Waals surface area contributed by atoms with Crippen molar-refractivity contribution in [3.8, 4) is 22.5 Å². The van der Waals surface area contributed by atoms with Gasteiger partial charge in [0.1, 0.15) is 49.6 Å². The molecule has 0 bridgehead atoms. The number of halogens is 3. The van der Waals surface area contributed by atoms with Crippen molar-refractivity contribution in [2.75, 3.05) is 70.3 Å². The summed E-state index contributed by atoms with van der Waals surface area (Å²) in [6.07, 6.45) is 0.613. The van der Waals surface area contributed by atoms with Crippen molar-refractivity contribution in [1.82, 2.24) is 40.1 Å². The maximum Gasteiger partial charge on any atom is 0.251 e. The maximum atomic E-state index is 15.8. The zero-order chi connectivity index (χ0) is 70.0. The minimum atomic E-state index is -1.30. The Morgan fingerprint density at radius 2 is 1.03 bits per heavy atom. The summed E-state index contributed by atoms with van der Waals surface area (Å²) in [6, 6.07) is 56.0. The Labute approximate surface area is 593 Å². The minimum Gasteiger partial charge on any atom is -0.456 e. The van der Waals surface area contributed by atoms with E-state index in [0.717, 1.165) is 53.7 Å². The van der Waals surface area contributed by atoms with Crippen LogP contribution in [0.15, 0.2) is 199 Å². The highest BCUT2D eigenvalue weighted by Crippen LogP contribution is 2.42. The molecule has 512 valence electrons. The van der Waals surface area contributed by atoms with Gasteiger partial charge in [-0.15, -0.1) is 0 Å². The third kappa shape index (κ3) is 19.1. The van der Waals surface area contributed by atoms with Gasteiger partial charge in [-0.05, 0) is 135 Å². The molecule has 17 nitrogen and oxygen atoms in total. The topological polar surface area (TPSA) is 188 Å². The molecular formula is C79H83Cl3N9O8+. The number of rotatable bonds is 22. The Hall–Kier alpha value is -9.81. The summed E-state index contributed by atoms with van der Waals surface area (Å²) in [4.78, 5) is 114. The van der Waals surface area contributed by atoms with Crippen LogP contribution in [-0.2, 0) is 61.2 Å². The van der Waals surface area contributed by atoms with Crippen LogP contribution in [0.1, 0.15) is 78.7 Å². The van der Waals surface area contributed by atoms with Gasteiger partial charge in [0.15, 0.2) is 0 Å². The van der Waals surface area contributed by atoms with E-state index >= 15 is 19.2 Å². The van der Waals surface area contributed by atoms with Crippen LogP contribution < -0.4 is 30.8 Å². The summed E-state index contributed by atoms with van der Waals surface area (Å²) in [7, 11) is 0. The van der Waals surface area contributed by atoms with Crippen LogP contribution in [0.25, 0.3) is 33.4 Å². The second kappa shape index (κ2) is 34.6. The highest BCUT2D eigenvalue weighted by molar-refractivity contribution is 6.31. The molecular weight excluding hydrogens is 1310 g/mol. The molecule has 99 heavy (non-hydrogen) atoms. The number of carbonyl (C=O) groups is 7. The van der Waals surface area contributed by atoms with Crippen molar-refractivity contribution < 1.29 is 38.0 Å². The Bertz CT molecular complexity index is 4340. The van der Waals surface area contributed by atoms with Crippen molar-refractivity contribution in [1.29, 1.82) is 0 Å². The predicted octanol–water partition coefficient (Wildman–Crippen LogP) is 11.7. The zero-order valence-electron chi connectivity index (χ0n) is 56.2. The van der Waals surface area contributed by atoms with Gasteiger partial charge in [0.25, 0.3) is 5.91 Å². The van der Waals surface area contributed by atoms with Crippen molar-refractivity contribution in [2.24, 2.45) is 0 Å². The monoisotopic (exact) mass is 1390 g/mol. The largest absolute Gasteiger partial charge is 0.456 e. The second-order valence-corrected chi connectivity index (χ2v) is 25.9. The molecule has 3 aliphatic rings. The van der Waals surface area contributed by atoms with Crippen LogP contribution in [0.4, 0.5) is 5.69 Å². The van der Waals surface area contributed by atoms with Gasteiger partial charge < -0.3 is 44.9 Å². The highest BCUT2D eigenvalue weighted by Gasteiger charge is 2.35. The van der Waals surface area contributed by atoms with E-state index in [0.29, 0.717) is 71.8 Å². The molecule has 7 aromatic carbocycles. The fourth-order valence-electron chi connectivity index (χ4n) is 12.6. The summed E-state index contributed by atoms with van der Waals surface area (Å²) in [5, 5.41) is 12.3. The fourth-order valence-corrected chi connectivity index (χ4v) is 12.9. The number of fused-ring (bicyclic) bond motifs is 2. The van der Waals surface area contributed by atoms with Gasteiger partial charge >= 0.3 is 0 Å². The lowest BCUT2D eigenvalue weighted by atomic mass is 9.90. The molecule has 10 rings (SSSR count). The predicted molar refractivity (Wildman–Crippen MR) is 391 cm³/mol. The molecule has 0 aromatic heterocycles. The second-order valence-electron chi connectivity index (χ2n) is 24.6. The number of anilines is 1. The molecule has 1 saturated heterocycles. The Morgan fingerprint density at radius 1 is 0.525 bits per heavy atom. The number of benzene rings is 8. The first-order valence-electron chi connectivity index (χ1n) is 33.7.